The third-order valence-corrected chi connectivity index (χ3v) is 5.96. The van der Waals surface area contributed by atoms with Crippen molar-refractivity contribution in [3.63, 3.8) is 0 Å². The van der Waals surface area contributed by atoms with Crippen molar-refractivity contribution in [2.24, 2.45) is 0 Å². The van der Waals surface area contributed by atoms with Crippen LogP contribution in [0, 0.1) is 0 Å². The number of fused-ring (bicyclic) bond motifs is 2. The van der Waals surface area contributed by atoms with Crippen LogP contribution in [0.3, 0.4) is 0 Å². The average molecular weight is 413 g/mol. The van der Waals surface area contributed by atoms with Crippen LogP contribution in [-0.4, -0.2) is 48.8 Å². The lowest BCUT2D eigenvalue weighted by Gasteiger charge is -2.36. The Morgan fingerprint density at radius 2 is 1.32 bits per heavy atom. The lowest BCUT2D eigenvalue weighted by molar-refractivity contribution is 0.198. The van der Waals surface area contributed by atoms with Crippen LogP contribution >= 0.6 is 0 Å². The molecule has 0 atom stereocenters. The number of amides is 1. The summed E-state index contributed by atoms with van der Waals surface area (Å²) in [5.41, 5.74) is 2.37. The molecule has 1 aromatic heterocycles. The van der Waals surface area contributed by atoms with Gasteiger partial charge in [-0.2, -0.15) is 0 Å². The summed E-state index contributed by atoms with van der Waals surface area (Å²) in [7, 11) is 1.66. The predicted octanol–water partition coefficient (Wildman–Crippen LogP) is 3.95. The smallest absolute Gasteiger partial charge is 0.329 e. The predicted molar refractivity (Wildman–Crippen MR) is 123 cm³/mol. The van der Waals surface area contributed by atoms with Gasteiger partial charge in [0.05, 0.1) is 18.1 Å². The van der Waals surface area contributed by atoms with Crippen molar-refractivity contribution >= 4 is 33.5 Å². The second-order valence-electron chi connectivity index (χ2n) is 7.65. The molecule has 0 saturated carbocycles. The maximum absolute atomic E-state index is 13.6. The molecule has 1 aliphatic rings. The number of pyridine rings is 1. The van der Waals surface area contributed by atoms with Gasteiger partial charge in [0.1, 0.15) is 5.75 Å². The number of methoxy groups -OCH3 is 1. The molecule has 156 valence electrons. The number of hydrogen-bond acceptors (Lipinski definition) is 4. The molecular formula is C25H23N3O3. The molecule has 0 unspecified atom stereocenters. The fourth-order valence-corrected chi connectivity index (χ4v) is 4.29. The molecular weight excluding hydrogens is 390 g/mol. The first-order valence-corrected chi connectivity index (χ1v) is 10.4. The number of ether oxygens (including phenoxy) is 1. The van der Waals surface area contributed by atoms with Crippen molar-refractivity contribution < 1.29 is 9.53 Å². The summed E-state index contributed by atoms with van der Waals surface area (Å²) in [4.78, 5) is 30.7. The molecule has 3 aromatic carbocycles. The van der Waals surface area contributed by atoms with E-state index < -0.39 is 0 Å². The largest absolute Gasteiger partial charge is 0.497 e. The third kappa shape index (κ3) is 3.30. The van der Waals surface area contributed by atoms with Gasteiger partial charge in [-0.25, -0.2) is 4.79 Å². The molecule has 1 saturated heterocycles. The van der Waals surface area contributed by atoms with Gasteiger partial charge in [-0.15, -0.1) is 0 Å². The van der Waals surface area contributed by atoms with Crippen molar-refractivity contribution in [3.05, 3.63) is 83.0 Å². The number of piperazine rings is 1. The first-order chi connectivity index (χ1) is 15.2. The summed E-state index contributed by atoms with van der Waals surface area (Å²) in [6, 6.07) is 22.5. The van der Waals surface area contributed by atoms with Crippen LogP contribution in [0.4, 0.5) is 10.5 Å². The highest BCUT2D eigenvalue weighted by Gasteiger charge is 2.25. The first-order valence-electron chi connectivity index (χ1n) is 10.4. The molecule has 2 heterocycles. The number of anilines is 1. The zero-order valence-corrected chi connectivity index (χ0v) is 17.3. The zero-order chi connectivity index (χ0) is 21.4. The van der Waals surface area contributed by atoms with Crippen LogP contribution in [0.5, 0.6) is 5.75 Å². The summed E-state index contributed by atoms with van der Waals surface area (Å²) in [6.45, 7) is 2.71. The number of hydrogen-bond donors (Lipinski definition) is 0. The van der Waals surface area contributed by atoms with E-state index in [-0.39, 0.29) is 11.5 Å². The third-order valence-electron chi connectivity index (χ3n) is 5.96. The van der Waals surface area contributed by atoms with E-state index in [1.807, 2.05) is 65.6 Å². The lowest BCUT2D eigenvalue weighted by Crippen LogP contribution is -2.50. The highest BCUT2D eigenvalue weighted by atomic mass is 16.5. The van der Waals surface area contributed by atoms with E-state index >= 15 is 0 Å². The molecule has 1 fully saturated rings. The van der Waals surface area contributed by atoms with Crippen LogP contribution in [-0.2, 0) is 0 Å². The van der Waals surface area contributed by atoms with E-state index in [0.717, 1.165) is 24.5 Å². The van der Waals surface area contributed by atoms with Crippen molar-refractivity contribution in [1.29, 1.82) is 0 Å². The lowest BCUT2D eigenvalue weighted by atomic mass is 10.1. The topological polar surface area (TPSA) is 54.8 Å². The zero-order valence-electron chi connectivity index (χ0n) is 17.3. The molecule has 1 aliphatic heterocycles. The Hall–Kier alpha value is -3.80. The van der Waals surface area contributed by atoms with Crippen molar-refractivity contribution in [3.8, 4) is 5.75 Å². The minimum absolute atomic E-state index is 0.0421. The Morgan fingerprint density at radius 1 is 0.774 bits per heavy atom. The van der Waals surface area contributed by atoms with Gasteiger partial charge in [-0.1, -0.05) is 24.3 Å². The summed E-state index contributed by atoms with van der Waals surface area (Å²) < 4.78 is 6.93. The number of carbonyl (C=O) groups excluding carboxylic acids is 1. The Labute approximate surface area is 179 Å². The van der Waals surface area contributed by atoms with Crippen molar-refractivity contribution in [1.82, 2.24) is 9.47 Å². The van der Waals surface area contributed by atoms with Gasteiger partial charge >= 0.3 is 6.03 Å². The van der Waals surface area contributed by atoms with E-state index in [2.05, 4.69) is 4.90 Å². The van der Waals surface area contributed by atoms with E-state index in [1.165, 1.54) is 0 Å². The Bertz CT molecular complexity index is 1260. The summed E-state index contributed by atoms with van der Waals surface area (Å²) in [6.07, 6.45) is 0. The number of nitrogens with zero attached hydrogens (tertiary/aromatic N) is 3. The molecule has 5 rings (SSSR count). The fourth-order valence-electron chi connectivity index (χ4n) is 4.29. The van der Waals surface area contributed by atoms with Crippen molar-refractivity contribution in [2.75, 3.05) is 38.2 Å². The van der Waals surface area contributed by atoms with Gasteiger partial charge in [0, 0.05) is 42.6 Å². The minimum atomic E-state index is -0.0956. The van der Waals surface area contributed by atoms with Crippen molar-refractivity contribution in [2.45, 2.75) is 0 Å². The number of para-hydroxylation sites is 2. The van der Waals surface area contributed by atoms with Gasteiger partial charge in [0.15, 0.2) is 5.43 Å². The standard InChI is InChI=1S/C25H23N3O3/c1-31-19-12-10-18(11-13-19)26-14-16-27(17-15-26)25(30)28-22-8-4-2-6-20(22)24(29)21-7-3-5-9-23(21)28/h2-13H,14-17H2,1H3. The van der Waals surface area contributed by atoms with Crippen LogP contribution < -0.4 is 15.1 Å². The van der Waals surface area contributed by atoms with E-state index in [0.29, 0.717) is 34.9 Å². The molecule has 4 aromatic rings. The van der Waals surface area contributed by atoms with Crippen LogP contribution in [0.2, 0.25) is 0 Å². The maximum atomic E-state index is 13.6. The number of aromatic nitrogens is 1. The normalized spacial score (nSPS) is 14.2. The van der Waals surface area contributed by atoms with Crippen LogP contribution in [0.15, 0.2) is 77.6 Å². The molecule has 6 heteroatoms. The summed E-state index contributed by atoms with van der Waals surface area (Å²) in [5, 5.41) is 1.12. The maximum Gasteiger partial charge on any atom is 0.329 e. The highest BCUT2D eigenvalue weighted by Crippen LogP contribution is 2.23. The van der Waals surface area contributed by atoms with E-state index in [1.54, 1.807) is 23.8 Å². The quantitative estimate of drug-likeness (QED) is 0.467. The Balaban J connectivity index is 1.47. The van der Waals surface area contributed by atoms with Gasteiger partial charge in [0.25, 0.3) is 0 Å². The molecule has 1 amide bonds. The molecule has 0 bridgehead atoms. The Kier molecular flexibility index (Phi) is 4.82. The second-order valence-corrected chi connectivity index (χ2v) is 7.65. The Morgan fingerprint density at radius 3 is 1.87 bits per heavy atom. The summed E-state index contributed by atoms with van der Waals surface area (Å²) in [5.74, 6) is 0.828. The van der Waals surface area contributed by atoms with Crippen LogP contribution in [0.1, 0.15) is 0 Å². The SMILES string of the molecule is COc1ccc(N2CCN(C(=O)n3c4ccccc4c(=O)c4ccccc43)CC2)cc1. The number of carbonyl (C=O) groups is 1. The number of benzene rings is 3. The van der Waals surface area contributed by atoms with Gasteiger partial charge in [-0.3, -0.25) is 9.36 Å². The molecule has 0 aliphatic carbocycles. The molecule has 0 radical (unpaired) electrons. The second kappa shape index (κ2) is 7.80. The molecule has 0 N–H and O–H groups in total. The van der Waals surface area contributed by atoms with E-state index in [9.17, 15) is 9.59 Å². The number of rotatable bonds is 2. The average Bonchev–Trinajstić information content (AvgIpc) is 2.84. The molecule has 0 spiro atoms. The monoisotopic (exact) mass is 413 g/mol. The van der Waals surface area contributed by atoms with Gasteiger partial charge in [0.2, 0.25) is 0 Å². The van der Waals surface area contributed by atoms with Gasteiger partial charge in [-0.05, 0) is 48.5 Å². The summed E-state index contributed by atoms with van der Waals surface area (Å²) >= 11 is 0. The first kappa shape index (κ1) is 19.2. The fraction of sp³-hybridized carbons (Fsp3) is 0.200. The molecule has 6 nitrogen and oxygen atoms in total. The molecule has 31 heavy (non-hydrogen) atoms. The van der Waals surface area contributed by atoms with E-state index in [4.69, 9.17) is 4.74 Å². The van der Waals surface area contributed by atoms with Gasteiger partial charge < -0.3 is 14.5 Å². The minimum Gasteiger partial charge on any atom is -0.497 e. The highest BCUT2D eigenvalue weighted by molar-refractivity contribution is 6.02. The van der Waals surface area contributed by atoms with Crippen LogP contribution in [0.25, 0.3) is 21.8 Å².